The fourth-order valence-corrected chi connectivity index (χ4v) is 2.54. The predicted octanol–water partition coefficient (Wildman–Crippen LogP) is 0.446. The third-order valence-corrected chi connectivity index (χ3v) is 3.66. The predicted molar refractivity (Wildman–Crippen MR) is 65.6 cm³/mol. The van der Waals surface area contributed by atoms with Gasteiger partial charge in [0, 0.05) is 13.6 Å². The average molecular weight is 252 g/mol. The second-order valence-corrected chi connectivity index (χ2v) is 4.93. The monoisotopic (exact) mass is 252 g/mol. The lowest BCUT2D eigenvalue weighted by Crippen LogP contribution is -2.42. The summed E-state index contributed by atoms with van der Waals surface area (Å²) in [5.74, 6) is 1.23. The summed E-state index contributed by atoms with van der Waals surface area (Å²) in [6.07, 6.45) is 2.42. The summed E-state index contributed by atoms with van der Waals surface area (Å²) < 4.78 is 6.63. The van der Waals surface area contributed by atoms with E-state index in [9.17, 15) is 4.79 Å². The van der Waals surface area contributed by atoms with Gasteiger partial charge in [0.2, 0.25) is 0 Å². The van der Waals surface area contributed by atoms with Crippen molar-refractivity contribution < 1.29 is 9.53 Å². The number of carbonyl (C=O) groups is 1. The Morgan fingerprint density at radius 3 is 2.94 bits per heavy atom. The van der Waals surface area contributed by atoms with Crippen LogP contribution in [0.2, 0.25) is 0 Å². The number of piperidine rings is 1. The van der Waals surface area contributed by atoms with Crippen molar-refractivity contribution in [3.05, 3.63) is 12.2 Å². The quantitative estimate of drug-likeness (QED) is 0.731. The van der Waals surface area contributed by atoms with Gasteiger partial charge in [0.15, 0.2) is 0 Å². The van der Waals surface area contributed by atoms with Crippen molar-refractivity contribution in [3.8, 4) is 0 Å². The summed E-state index contributed by atoms with van der Waals surface area (Å²) in [6, 6.07) is 0. The second-order valence-electron chi connectivity index (χ2n) is 4.93. The standard InChI is InChI=1S/C12H20N4O2/c1-9-6-16(5-4-10(9)12(17)18-3)7-11-13-8-14-15(11)2/h8-10H,4-7H2,1-3H3/t9-,10-/m1/s1. The number of hydrogen-bond acceptors (Lipinski definition) is 5. The number of esters is 1. The molecule has 2 heterocycles. The maximum absolute atomic E-state index is 11.6. The lowest BCUT2D eigenvalue weighted by atomic mass is 9.87. The first-order chi connectivity index (χ1) is 8.61. The number of aromatic nitrogens is 3. The van der Waals surface area contributed by atoms with Gasteiger partial charge in [-0.1, -0.05) is 6.92 Å². The SMILES string of the molecule is COC(=O)[C@@H]1CCN(Cc2ncnn2C)C[C@H]1C. The van der Waals surface area contributed by atoms with E-state index in [0.29, 0.717) is 5.92 Å². The van der Waals surface area contributed by atoms with Crippen LogP contribution in [0.25, 0.3) is 0 Å². The van der Waals surface area contributed by atoms with Gasteiger partial charge in [-0.3, -0.25) is 14.4 Å². The zero-order chi connectivity index (χ0) is 13.1. The minimum absolute atomic E-state index is 0.0331. The molecule has 0 aliphatic carbocycles. The average Bonchev–Trinajstić information content (AvgIpc) is 2.74. The Balaban J connectivity index is 1.92. The maximum atomic E-state index is 11.6. The Morgan fingerprint density at radius 1 is 1.61 bits per heavy atom. The first-order valence-corrected chi connectivity index (χ1v) is 6.25. The highest BCUT2D eigenvalue weighted by atomic mass is 16.5. The molecule has 0 saturated carbocycles. The summed E-state index contributed by atoms with van der Waals surface area (Å²) in [6.45, 7) is 4.68. The van der Waals surface area contributed by atoms with E-state index in [1.54, 1.807) is 11.0 Å². The van der Waals surface area contributed by atoms with Crippen molar-refractivity contribution >= 4 is 5.97 Å². The molecule has 0 bridgehead atoms. The van der Waals surface area contributed by atoms with E-state index in [4.69, 9.17) is 4.74 Å². The summed E-state index contributed by atoms with van der Waals surface area (Å²) in [4.78, 5) is 18.1. The fraction of sp³-hybridized carbons (Fsp3) is 0.750. The van der Waals surface area contributed by atoms with E-state index in [-0.39, 0.29) is 11.9 Å². The van der Waals surface area contributed by atoms with Crippen LogP contribution in [0.4, 0.5) is 0 Å². The number of ether oxygens (including phenoxy) is 1. The Labute approximate surface area is 107 Å². The summed E-state index contributed by atoms with van der Waals surface area (Å²) in [7, 11) is 3.36. The molecule has 0 N–H and O–H groups in total. The zero-order valence-corrected chi connectivity index (χ0v) is 11.2. The molecule has 0 radical (unpaired) electrons. The van der Waals surface area contributed by atoms with Crippen molar-refractivity contribution in [1.29, 1.82) is 0 Å². The second kappa shape index (κ2) is 5.48. The minimum atomic E-state index is -0.0826. The minimum Gasteiger partial charge on any atom is -0.469 e. The Hall–Kier alpha value is -1.43. The highest BCUT2D eigenvalue weighted by Gasteiger charge is 2.32. The van der Waals surface area contributed by atoms with Crippen molar-refractivity contribution in [3.63, 3.8) is 0 Å². The molecular weight excluding hydrogens is 232 g/mol. The van der Waals surface area contributed by atoms with Gasteiger partial charge in [-0.15, -0.1) is 0 Å². The number of likely N-dealkylation sites (tertiary alicyclic amines) is 1. The van der Waals surface area contributed by atoms with Gasteiger partial charge in [-0.05, 0) is 18.9 Å². The van der Waals surface area contributed by atoms with Crippen LogP contribution in [-0.2, 0) is 23.1 Å². The van der Waals surface area contributed by atoms with E-state index in [1.807, 2.05) is 7.05 Å². The zero-order valence-electron chi connectivity index (χ0n) is 11.2. The van der Waals surface area contributed by atoms with E-state index in [0.717, 1.165) is 31.9 Å². The van der Waals surface area contributed by atoms with Gasteiger partial charge >= 0.3 is 5.97 Å². The molecule has 100 valence electrons. The molecule has 6 nitrogen and oxygen atoms in total. The van der Waals surface area contributed by atoms with Gasteiger partial charge in [0.1, 0.15) is 12.2 Å². The van der Waals surface area contributed by atoms with Crippen LogP contribution in [-0.4, -0.2) is 45.8 Å². The smallest absolute Gasteiger partial charge is 0.309 e. The number of nitrogens with zero attached hydrogens (tertiary/aromatic N) is 4. The van der Waals surface area contributed by atoms with Crippen molar-refractivity contribution in [2.75, 3.05) is 20.2 Å². The lowest BCUT2D eigenvalue weighted by molar-refractivity contribution is -0.149. The number of rotatable bonds is 3. The van der Waals surface area contributed by atoms with E-state index in [1.165, 1.54) is 7.11 Å². The van der Waals surface area contributed by atoms with Gasteiger partial charge in [-0.2, -0.15) is 5.10 Å². The molecule has 1 aromatic heterocycles. The molecule has 18 heavy (non-hydrogen) atoms. The largest absolute Gasteiger partial charge is 0.469 e. The Bertz CT molecular complexity index is 418. The first-order valence-electron chi connectivity index (χ1n) is 6.25. The van der Waals surface area contributed by atoms with Crippen LogP contribution in [0.15, 0.2) is 6.33 Å². The van der Waals surface area contributed by atoms with Crippen LogP contribution < -0.4 is 0 Å². The van der Waals surface area contributed by atoms with Crippen molar-refractivity contribution in [2.45, 2.75) is 19.9 Å². The third kappa shape index (κ3) is 2.69. The normalized spacial score (nSPS) is 25.1. The fourth-order valence-electron chi connectivity index (χ4n) is 2.54. The highest BCUT2D eigenvalue weighted by molar-refractivity contribution is 5.72. The maximum Gasteiger partial charge on any atom is 0.309 e. The topological polar surface area (TPSA) is 60.2 Å². The molecule has 1 saturated heterocycles. The Kier molecular flexibility index (Phi) is 3.96. The van der Waals surface area contributed by atoms with Crippen molar-refractivity contribution in [1.82, 2.24) is 19.7 Å². The lowest BCUT2D eigenvalue weighted by Gasteiger charge is -2.35. The van der Waals surface area contributed by atoms with Crippen LogP contribution in [0.5, 0.6) is 0 Å². The number of carbonyl (C=O) groups excluding carboxylic acids is 1. The van der Waals surface area contributed by atoms with Crippen LogP contribution >= 0.6 is 0 Å². The molecule has 1 aliphatic rings. The molecule has 1 aliphatic heterocycles. The highest BCUT2D eigenvalue weighted by Crippen LogP contribution is 2.25. The molecule has 2 rings (SSSR count). The van der Waals surface area contributed by atoms with E-state index >= 15 is 0 Å². The molecular formula is C12H20N4O2. The van der Waals surface area contributed by atoms with E-state index < -0.39 is 0 Å². The van der Waals surface area contributed by atoms with Gasteiger partial charge in [0.05, 0.1) is 19.6 Å². The summed E-state index contributed by atoms with van der Waals surface area (Å²) in [5.41, 5.74) is 0. The Morgan fingerprint density at radius 2 is 2.39 bits per heavy atom. The number of hydrogen-bond donors (Lipinski definition) is 0. The summed E-state index contributed by atoms with van der Waals surface area (Å²) >= 11 is 0. The van der Waals surface area contributed by atoms with Gasteiger partial charge < -0.3 is 4.74 Å². The number of aryl methyl sites for hydroxylation is 1. The molecule has 1 aromatic rings. The molecule has 6 heteroatoms. The molecule has 0 amide bonds. The third-order valence-electron chi connectivity index (χ3n) is 3.66. The first kappa shape index (κ1) is 13.0. The van der Waals surface area contributed by atoms with E-state index in [2.05, 4.69) is 21.9 Å². The van der Waals surface area contributed by atoms with Gasteiger partial charge in [-0.25, -0.2) is 4.98 Å². The molecule has 0 spiro atoms. The van der Waals surface area contributed by atoms with Crippen LogP contribution in [0, 0.1) is 11.8 Å². The van der Waals surface area contributed by atoms with Crippen molar-refractivity contribution in [2.24, 2.45) is 18.9 Å². The molecule has 0 unspecified atom stereocenters. The molecule has 2 atom stereocenters. The summed E-state index contributed by atoms with van der Waals surface area (Å²) in [5, 5.41) is 4.06. The van der Waals surface area contributed by atoms with Crippen LogP contribution in [0.3, 0.4) is 0 Å². The molecule has 0 aromatic carbocycles. The number of methoxy groups -OCH3 is 1. The molecule has 1 fully saturated rings. The van der Waals surface area contributed by atoms with Crippen LogP contribution in [0.1, 0.15) is 19.2 Å². The van der Waals surface area contributed by atoms with Gasteiger partial charge in [0.25, 0.3) is 0 Å².